The second kappa shape index (κ2) is 6.95. The Hall–Kier alpha value is -3.42. The maximum Gasteiger partial charge on any atom is 0.253 e. The number of piperidine rings is 1. The Balaban J connectivity index is 1.33. The summed E-state index contributed by atoms with van der Waals surface area (Å²) in [5.41, 5.74) is 1.42. The van der Waals surface area contributed by atoms with Gasteiger partial charge in [0, 0.05) is 36.6 Å². The molecule has 0 radical (unpaired) electrons. The number of carbonyl (C=O) groups excluding carboxylic acids is 1. The topological polar surface area (TPSA) is 90.6 Å². The summed E-state index contributed by atoms with van der Waals surface area (Å²) >= 11 is 0. The predicted octanol–water partition coefficient (Wildman–Crippen LogP) is 2.88. The zero-order valence-electron chi connectivity index (χ0n) is 15.1. The molecule has 1 unspecified atom stereocenters. The summed E-state index contributed by atoms with van der Waals surface area (Å²) in [6, 6.07) is 8.99. The van der Waals surface area contributed by atoms with E-state index in [9.17, 15) is 4.79 Å². The molecule has 142 valence electrons. The molecule has 3 aromatic rings. The minimum atomic E-state index is 0.00242. The highest BCUT2D eigenvalue weighted by Crippen LogP contribution is 2.36. The second-order valence-corrected chi connectivity index (χ2v) is 6.84. The van der Waals surface area contributed by atoms with Crippen LogP contribution in [0.3, 0.4) is 0 Å². The molecule has 28 heavy (non-hydrogen) atoms. The lowest BCUT2D eigenvalue weighted by atomic mass is 9.97. The molecule has 1 atom stereocenters. The zero-order valence-corrected chi connectivity index (χ0v) is 15.1. The molecule has 0 aliphatic carbocycles. The molecule has 1 saturated heterocycles. The Morgan fingerprint density at radius 3 is 2.82 bits per heavy atom. The van der Waals surface area contributed by atoms with E-state index in [1.165, 1.54) is 0 Å². The smallest absolute Gasteiger partial charge is 0.253 e. The van der Waals surface area contributed by atoms with Crippen LogP contribution >= 0.6 is 0 Å². The number of rotatable bonds is 3. The zero-order chi connectivity index (χ0) is 18.9. The fourth-order valence-corrected chi connectivity index (χ4v) is 3.59. The number of aromatic nitrogens is 3. The molecule has 0 spiro atoms. The number of ether oxygens (including phenoxy) is 2. The van der Waals surface area contributed by atoms with Crippen molar-refractivity contribution in [3.63, 3.8) is 0 Å². The van der Waals surface area contributed by atoms with Crippen molar-refractivity contribution in [2.24, 2.45) is 0 Å². The van der Waals surface area contributed by atoms with E-state index in [2.05, 4.69) is 15.2 Å². The Morgan fingerprint density at radius 2 is 1.93 bits per heavy atom. The van der Waals surface area contributed by atoms with Crippen molar-refractivity contribution in [3.05, 3.63) is 54.2 Å². The van der Waals surface area contributed by atoms with Gasteiger partial charge in [0.15, 0.2) is 11.5 Å². The highest BCUT2D eigenvalue weighted by Gasteiger charge is 2.29. The van der Waals surface area contributed by atoms with Crippen LogP contribution in [0.1, 0.15) is 35.0 Å². The Kier molecular flexibility index (Phi) is 4.16. The van der Waals surface area contributed by atoms with Crippen molar-refractivity contribution >= 4 is 5.91 Å². The van der Waals surface area contributed by atoms with Gasteiger partial charge >= 0.3 is 0 Å². The lowest BCUT2D eigenvalue weighted by Gasteiger charge is -2.31. The maximum absolute atomic E-state index is 12.7. The van der Waals surface area contributed by atoms with Gasteiger partial charge in [-0.2, -0.15) is 0 Å². The number of likely N-dealkylation sites (tertiary alicyclic amines) is 1. The number of hydrogen-bond acceptors (Lipinski definition) is 7. The van der Waals surface area contributed by atoms with E-state index < -0.39 is 0 Å². The van der Waals surface area contributed by atoms with Crippen molar-refractivity contribution < 1.29 is 18.7 Å². The molecule has 0 saturated carbocycles. The molecule has 4 heterocycles. The first-order valence-electron chi connectivity index (χ1n) is 9.20. The SMILES string of the molecule is O=C(c1ccncc1)N1CCCC(c2nnc(-c3ccc4c(c3)OCO4)o2)C1. The van der Waals surface area contributed by atoms with Crippen LogP contribution in [0.5, 0.6) is 11.5 Å². The number of benzene rings is 1. The van der Waals surface area contributed by atoms with Crippen LogP contribution in [-0.2, 0) is 0 Å². The first kappa shape index (κ1) is 16.7. The van der Waals surface area contributed by atoms with Crippen LogP contribution in [-0.4, -0.2) is 45.9 Å². The predicted molar refractivity (Wildman–Crippen MR) is 98.0 cm³/mol. The Bertz CT molecular complexity index is 1000. The number of carbonyl (C=O) groups is 1. The molecule has 1 amide bonds. The van der Waals surface area contributed by atoms with E-state index in [1.54, 1.807) is 24.5 Å². The molecule has 1 fully saturated rings. The number of pyridine rings is 1. The monoisotopic (exact) mass is 378 g/mol. The van der Waals surface area contributed by atoms with Crippen LogP contribution in [0.25, 0.3) is 11.5 Å². The molecule has 0 N–H and O–H groups in total. The molecule has 8 nitrogen and oxygen atoms in total. The third-order valence-electron chi connectivity index (χ3n) is 5.05. The average Bonchev–Trinajstić information content (AvgIpc) is 3.43. The van der Waals surface area contributed by atoms with Gasteiger partial charge in [-0.3, -0.25) is 9.78 Å². The van der Waals surface area contributed by atoms with E-state index in [1.807, 2.05) is 23.1 Å². The van der Waals surface area contributed by atoms with E-state index >= 15 is 0 Å². The molecule has 5 rings (SSSR count). The molecular formula is C20H18N4O4. The molecule has 2 aromatic heterocycles. The molecule has 0 bridgehead atoms. The van der Waals surface area contributed by atoms with Gasteiger partial charge < -0.3 is 18.8 Å². The lowest BCUT2D eigenvalue weighted by Crippen LogP contribution is -2.39. The molecular weight excluding hydrogens is 360 g/mol. The van der Waals surface area contributed by atoms with Gasteiger partial charge in [-0.05, 0) is 43.2 Å². The van der Waals surface area contributed by atoms with Crippen molar-refractivity contribution in [2.75, 3.05) is 19.9 Å². The number of amides is 1. The van der Waals surface area contributed by atoms with Crippen LogP contribution < -0.4 is 9.47 Å². The van der Waals surface area contributed by atoms with Crippen molar-refractivity contribution in [3.8, 4) is 23.0 Å². The molecule has 2 aliphatic rings. The van der Waals surface area contributed by atoms with Crippen LogP contribution in [0.15, 0.2) is 47.1 Å². The van der Waals surface area contributed by atoms with Gasteiger partial charge in [0.1, 0.15) is 0 Å². The number of hydrogen-bond donors (Lipinski definition) is 0. The summed E-state index contributed by atoms with van der Waals surface area (Å²) in [4.78, 5) is 18.5. The molecule has 1 aromatic carbocycles. The van der Waals surface area contributed by atoms with Gasteiger partial charge in [-0.25, -0.2) is 0 Å². The Morgan fingerprint density at radius 1 is 1.07 bits per heavy atom. The van der Waals surface area contributed by atoms with Crippen LogP contribution in [0.4, 0.5) is 0 Å². The van der Waals surface area contributed by atoms with Gasteiger partial charge in [0.25, 0.3) is 5.91 Å². The van der Waals surface area contributed by atoms with E-state index in [0.717, 1.165) is 24.9 Å². The summed E-state index contributed by atoms with van der Waals surface area (Å²) in [6.45, 7) is 1.50. The number of fused-ring (bicyclic) bond motifs is 1. The fraction of sp³-hybridized carbons (Fsp3) is 0.300. The normalized spacial score (nSPS) is 18.3. The van der Waals surface area contributed by atoms with E-state index in [-0.39, 0.29) is 18.6 Å². The van der Waals surface area contributed by atoms with Gasteiger partial charge in [0.2, 0.25) is 18.6 Å². The first-order chi connectivity index (χ1) is 13.8. The highest BCUT2D eigenvalue weighted by atomic mass is 16.7. The largest absolute Gasteiger partial charge is 0.454 e. The fourth-order valence-electron chi connectivity index (χ4n) is 3.59. The summed E-state index contributed by atoms with van der Waals surface area (Å²) in [7, 11) is 0. The third kappa shape index (κ3) is 3.06. The van der Waals surface area contributed by atoms with Gasteiger partial charge in [-0.15, -0.1) is 10.2 Å². The lowest BCUT2D eigenvalue weighted by molar-refractivity contribution is 0.0698. The van der Waals surface area contributed by atoms with Crippen LogP contribution in [0.2, 0.25) is 0 Å². The van der Waals surface area contributed by atoms with Crippen LogP contribution in [0, 0.1) is 0 Å². The first-order valence-corrected chi connectivity index (χ1v) is 9.20. The standard InChI is InChI=1S/C20H18N4O4/c25-20(13-5-7-21-8-6-13)24-9-1-2-15(11-24)19-23-22-18(28-19)14-3-4-16-17(10-14)27-12-26-16/h3-8,10,15H,1-2,9,11-12H2. The quantitative estimate of drug-likeness (QED) is 0.692. The molecule has 2 aliphatic heterocycles. The summed E-state index contributed by atoms with van der Waals surface area (Å²) in [6.07, 6.45) is 5.06. The third-order valence-corrected chi connectivity index (χ3v) is 5.05. The minimum Gasteiger partial charge on any atom is -0.454 e. The molecule has 8 heteroatoms. The second-order valence-electron chi connectivity index (χ2n) is 6.84. The van der Waals surface area contributed by atoms with E-state index in [4.69, 9.17) is 13.9 Å². The summed E-state index contributed by atoms with van der Waals surface area (Å²) < 4.78 is 16.7. The van der Waals surface area contributed by atoms with E-state index in [0.29, 0.717) is 35.4 Å². The Labute approximate surface area is 161 Å². The summed E-state index contributed by atoms with van der Waals surface area (Å²) in [5.74, 6) is 2.40. The van der Waals surface area contributed by atoms with Crippen molar-refractivity contribution in [1.29, 1.82) is 0 Å². The minimum absolute atomic E-state index is 0.00242. The summed E-state index contributed by atoms with van der Waals surface area (Å²) in [5, 5.41) is 8.43. The highest BCUT2D eigenvalue weighted by molar-refractivity contribution is 5.94. The van der Waals surface area contributed by atoms with Gasteiger partial charge in [0.05, 0.1) is 5.92 Å². The van der Waals surface area contributed by atoms with Gasteiger partial charge in [-0.1, -0.05) is 0 Å². The average molecular weight is 378 g/mol. The number of nitrogens with zero attached hydrogens (tertiary/aromatic N) is 4. The van der Waals surface area contributed by atoms with Crippen molar-refractivity contribution in [1.82, 2.24) is 20.1 Å². The van der Waals surface area contributed by atoms with Crippen molar-refractivity contribution in [2.45, 2.75) is 18.8 Å². The maximum atomic E-state index is 12.7.